The summed E-state index contributed by atoms with van der Waals surface area (Å²) >= 11 is 7.24. The van der Waals surface area contributed by atoms with Gasteiger partial charge in [0, 0.05) is 13.1 Å². The SMILES string of the molecule is CC(C)(C)OC(=O)NCCCNCc1ncc(Cl)s1. The Morgan fingerprint density at radius 2 is 2.21 bits per heavy atom. The van der Waals surface area contributed by atoms with Crippen molar-refractivity contribution >= 4 is 29.0 Å². The summed E-state index contributed by atoms with van der Waals surface area (Å²) in [6.07, 6.45) is 2.10. The zero-order chi connectivity index (χ0) is 14.3. The number of halogens is 1. The van der Waals surface area contributed by atoms with Crippen LogP contribution in [0.1, 0.15) is 32.2 Å². The van der Waals surface area contributed by atoms with E-state index in [4.69, 9.17) is 16.3 Å². The van der Waals surface area contributed by atoms with Crippen LogP contribution < -0.4 is 10.6 Å². The van der Waals surface area contributed by atoms with Gasteiger partial charge in [-0.25, -0.2) is 9.78 Å². The Morgan fingerprint density at radius 1 is 1.47 bits per heavy atom. The van der Waals surface area contributed by atoms with E-state index in [-0.39, 0.29) is 6.09 Å². The molecule has 1 rings (SSSR count). The number of thiazole rings is 1. The third-order valence-corrected chi connectivity index (χ3v) is 3.11. The summed E-state index contributed by atoms with van der Waals surface area (Å²) in [6.45, 7) is 7.60. The molecule has 0 bridgehead atoms. The second-order valence-electron chi connectivity index (χ2n) is 5.02. The van der Waals surface area contributed by atoms with Gasteiger partial charge in [-0.05, 0) is 33.7 Å². The molecule has 5 nitrogen and oxygen atoms in total. The standard InChI is InChI=1S/C12H20ClN3O2S/c1-12(2,3)18-11(17)15-6-4-5-14-8-10-16-7-9(13)19-10/h7,14H,4-6,8H2,1-3H3,(H,15,17). The number of hydrogen-bond acceptors (Lipinski definition) is 5. The van der Waals surface area contributed by atoms with Gasteiger partial charge in [-0.1, -0.05) is 11.6 Å². The number of hydrogen-bond donors (Lipinski definition) is 2. The van der Waals surface area contributed by atoms with E-state index in [2.05, 4.69) is 15.6 Å². The van der Waals surface area contributed by atoms with Gasteiger partial charge in [-0.15, -0.1) is 11.3 Å². The number of carbonyl (C=O) groups is 1. The Morgan fingerprint density at radius 3 is 2.79 bits per heavy atom. The van der Waals surface area contributed by atoms with Gasteiger partial charge in [-0.2, -0.15) is 0 Å². The maximum Gasteiger partial charge on any atom is 0.407 e. The van der Waals surface area contributed by atoms with Crippen molar-refractivity contribution in [2.45, 2.75) is 39.3 Å². The van der Waals surface area contributed by atoms with Gasteiger partial charge in [0.15, 0.2) is 0 Å². The van der Waals surface area contributed by atoms with Crippen molar-refractivity contribution in [3.63, 3.8) is 0 Å². The van der Waals surface area contributed by atoms with Crippen LogP contribution in [0.2, 0.25) is 4.34 Å². The predicted octanol–water partition coefficient (Wildman–Crippen LogP) is 2.80. The molecule has 0 radical (unpaired) electrons. The number of amides is 1. The summed E-state index contributed by atoms with van der Waals surface area (Å²) in [5.41, 5.74) is -0.452. The van der Waals surface area contributed by atoms with Gasteiger partial charge in [0.05, 0.1) is 6.20 Å². The molecule has 1 heterocycles. The molecule has 0 aliphatic rings. The second kappa shape index (κ2) is 7.67. The first-order chi connectivity index (χ1) is 8.87. The quantitative estimate of drug-likeness (QED) is 0.793. The average Bonchev–Trinajstić information content (AvgIpc) is 2.67. The minimum atomic E-state index is -0.452. The van der Waals surface area contributed by atoms with Gasteiger partial charge in [0.2, 0.25) is 0 Å². The van der Waals surface area contributed by atoms with Gasteiger partial charge < -0.3 is 15.4 Å². The first-order valence-corrected chi connectivity index (χ1v) is 7.34. The summed E-state index contributed by atoms with van der Waals surface area (Å²) in [4.78, 5) is 15.5. The monoisotopic (exact) mass is 305 g/mol. The molecule has 0 fully saturated rings. The molecule has 1 aromatic rings. The lowest BCUT2D eigenvalue weighted by Crippen LogP contribution is -2.33. The number of carbonyl (C=O) groups excluding carboxylic acids is 1. The molecule has 0 atom stereocenters. The molecule has 1 amide bonds. The molecule has 0 saturated heterocycles. The number of alkyl carbamates (subject to hydrolysis) is 1. The molecule has 0 spiro atoms. The number of nitrogens with zero attached hydrogens (tertiary/aromatic N) is 1. The van der Waals surface area contributed by atoms with Crippen molar-refractivity contribution in [2.24, 2.45) is 0 Å². The lowest BCUT2D eigenvalue weighted by Gasteiger charge is -2.19. The largest absolute Gasteiger partial charge is 0.444 e. The minimum absolute atomic E-state index is 0.376. The fourth-order valence-corrected chi connectivity index (χ4v) is 2.21. The van der Waals surface area contributed by atoms with Crippen LogP contribution in [-0.2, 0) is 11.3 Å². The highest BCUT2D eigenvalue weighted by Gasteiger charge is 2.15. The number of rotatable bonds is 6. The maximum absolute atomic E-state index is 11.3. The van der Waals surface area contributed by atoms with Crippen molar-refractivity contribution in [3.05, 3.63) is 15.5 Å². The third-order valence-electron chi connectivity index (χ3n) is 2.00. The number of aromatic nitrogens is 1. The number of nitrogens with one attached hydrogen (secondary N) is 2. The zero-order valence-corrected chi connectivity index (χ0v) is 13.0. The molecule has 0 aliphatic heterocycles. The van der Waals surface area contributed by atoms with E-state index in [0.717, 1.165) is 18.0 Å². The molecule has 108 valence electrons. The Kier molecular flexibility index (Phi) is 6.54. The third kappa shape index (κ3) is 8.02. The van der Waals surface area contributed by atoms with Gasteiger partial charge in [-0.3, -0.25) is 0 Å². The summed E-state index contributed by atoms with van der Waals surface area (Å²) in [5, 5.41) is 6.90. The summed E-state index contributed by atoms with van der Waals surface area (Å²) < 4.78 is 5.82. The van der Waals surface area contributed by atoms with E-state index in [9.17, 15) is 4.79 Å². The molecule has 0 saturated carbocycles. The fourth-order valence-electron chi connectivity index (χ4n) is 1.28. The highest BCUT2D eigenvalue weighted by Crippen LogP contribution is 2.17. The molecule has 19 heavy (non-hydrogen) atoms. The van der Waals surface area contributed by atoms with E-state index in [0.29, 0.717) is 17.4 Å². The zero-order valence-electron chi connectivity index (χ0n) is 11.5. The van der Waals surface area contributed by atoms with E-state index in [1.54, 1.807) is 6.20 Å². The van der Waals surface area contributed by atoms with Crippen LogP contribution in [0.25, 0.3) is 0 Å². The smallest absolute Gasteiger partial charge is 0.407 e. The normalized spacial score (nSPS) is 11.4. The van der Waals surface area contributed by atoms with Gasteiger partial charge in [0.25, 0.3) is 0 Å². The molecular formula is C12H20ClN3O2S. The Bertz CT molecular complexity index is 404. The Labute approximate surface area is 122 Å². The molecule has 7 heteroatoms. The molecule has 0 aliphatic carbocycles. The van der Waals surface area contributed by atoms with Crippen LogP contribution in [0, 0.1) is 0 Å². The van der Waals surface area contributed by atoms with E-state index >= 15 is 0 Å². The van der Waals surface area contributed by atoms with Crippen molar-refractivity contribution in [1.82, 2.24) is 15.6 Å². The minimum Gasteiger partial charge on any atom is -0.444 e. The first kappa shape index (κ1) is 16.2. The molecule has 0 aromatic carbocycles. The predicted molar refractivity (Wildman–Crippen MR) is 77.7 cm³/mol. The maximum atomic E-state index is 11.3. The Hall–Kier alpha value is -0.850. The van der Waals surface area contributed by atoms with Crippen LogP contribution in [0.5, 0.6) is 0 Å². The van der Waals surface area contributed by atoms with E-state index < -0.39 is 5.60 Å². The van der Waals surface area contributed by atoms with Crippen LogP contribution in [0.3, 0.4) is 0 Å². The topological polar surface area (TPSA) is 63.2 Å². The molecule has 0 unspecified atom stereocenters. The van der Waals surface area contributed by atoms with Gasteiger partial charge >= 0.3 is 6.09 Å². The number of ether oxygens (including phenoxy) is 1. The lowest BCUT2D eigenvalue weighted by molar-refractivity contribution is 0.0527. The lowest BCUT2D eigenvalue weighted by atomic mass is 10.2. The van der Waals surface area contributed by atoms with Crippen molar-refractivity contribution in [3.8, 4) is 0 Å². The van der Waals surface area contributed by atoms with E-state index in [1.807, 2.05) is 20.8 Å². The van der Waals surface area contributed by atoms with E-state index in [1.165, 1.54) is 11.3 Å². The summed E-state index contributed by atoms with van der Waals surface area (Å²) in [5.74, 6) is 0. The average molecular weight is 306 g/mol. The van der Waals surface area contributed by atoms with Crippen LogP contribution in [0.15, 0.2) is 6.20 Å². The van der Waals surface area contributed by atoms with Crippen molar-refractivity contribution in [1.29, 1.82) is 0 Å². The summed E-state index contributed by atoms with van der Waals surface area (Å²) in [6, 6.07) is 0. The van der Waals surface area contributed by atoms with Crippen molar-refractivity contribution < 1.29 is 9.53 Å². The highest BCUT2D eigenvalue weighted by molar-refractivity contribution is 7.15. The van der Waals surface area contributed by atoms with Crippen LogP contribution >= 0.6 is 22.9 Å². The Balaban J connectivity index is 2.01. The first-order valence-electron chi connectivity index (χ1n) is 6.14. The van der Waals surface area contributed by atoms with Crippen LogP contribution in [-0.4, -0.2) is 29.8 Å². The second-order valence-corrected chi connectivity index (χ2v) is 6.76. The van der Waals surface area contributed by atoms with Gasteiger partial charge in [0.1, 0.15) is 14.9 Å². The molecule has 2 N–H and O–H groups in total. The molecule has 1 aromatic heterocycles. The van der Waals surface area contributed by atoms with Crippen LogP contribution in [0.4, 0.5) is 4.79 Å². The van der Waals surface area contributed by atoms with Crippen molar-refractivity contribution in [2.75, 3.05) is 13.1 Å². The summed E-state index contributed by atoms with van der Waals surface area (Å²) in [7, 11) is 0. The fraction of sp³-hybridized carbons (Fsp3) is 0.667. The highest BCUT2D eigenvalue weighted by atomic mass is 35.5. The molecular weight excluding hydrogens is 286 g/mol.